The highest BCUT2D eigenvalue weighted by atomic mass is 16.4. The van der Waals surface area contributed by atoms with Gasteiger partial charge in [0.1, 0.15) is 0 Å². The summed E-state index contributed by atoms with van der Waals surface area (Å²) in [5.41, 5.74) is 1.20. The van der Waals surface area contributed by atoms with Gasteiger partial charge in [0, 0.05) is 17.3 Å². The largest absolute Gasteiger partial charge is 0.481 e. The average molecular weight is 340 g/mol. The summed E-state index contributed by atoms with van der Waals surface area (Å²) >= 11 is 0. The van der Waals surface area contributed by atoms with Crippen LogP contribution in [0.15, 0.2) is 36.4 Å². The number of aliphatic carboxylic acids is 1. The van der Waals surface area contributed by atoms with Crippen LogP contribution in [0, 0.1) is 29.6 Å². The maximum atomic E-state index is 12.7. The van der Waals surface area contributed by atoms with Gasteiger partial charge in [-0.25, -0.2) is 0 Å². The van der Waals surface area contributed by atoms with Crippen LogP contribution in [0.3, 0.4) is 0 Å². The summed E-state index contributed by atoms with van der Waals surface area (Å²) in [4.78, 5) is 36.1. The molecule has 0 heterocycles. The molecule has 0 aliphatic heterocycles. The van der Waals surface area contributed by atoms with E-state index in [0.29, 0.717) is 11.4 Å². The molecule has 4 atom stereocenters. The molecular formula is C19H20N2O4. The number of carbonyl (C=O) groups is 3. The highest BCUT2D eigenvalue weighted by Crippen LogP contribution is 2.48. The molecule has 3 aliphatic rings. The predicted octanol–water partition coefficient (Wildman–Crippen LogP) is 2.50. The number of amides is 2. The van der Waals surface area contributed by atoms with Gasteiger partial charge >= 0.3 is 5.97 Å². The summed E-state index contributed by atoms with van der Waals surface area (Å²) in [5.74, 6) is -2.34. The van der Waals surface area contributed by atoms with Crippen molar-refractivity contribution >= 4 is 29.2 Å². The molecule has 25 heavy (non-hydrogen) atoms. The highest BCUT2D eigenvalue weighted by Gasteiger charge is 2.51. The smallest absolute Gasteiger partial charge is 0.307 e. The molecule has 0 radical (unpaired) electrons. The fourth-order valence-electron chi connectivity index (χ4n) is 4.01. The van der Waals surface area contributed by atoms with Crippen molar-refractivity contribution < 1.29 is 19.5 Å². The lowest BCUT2D eigenvalue weighted by atomic mass is 9.82. The number of carbonyl (C=O) groups excluding carboxylic acids is 2. The normalized spacial score (nSPS) is 29.4. The minimum Gasteiger partial charge on any atom is -0.481 e. The van der Waals surface area contributed by atoms with Crippen LogP contribution >= 0.6 is 0 Å². The molecule has 2 fully saturated rings. The third kappa shape index (κ3) is 3.04. The van der Waals surface area contributed by atoms with Crippen LogP contribution in [0.4, 0.5) is 11.4 Å². The van der Waals surface area contributed by atoms with Crippen molar-refractivity contribution in [2.45, 2.75) is 19.3 Å². The third-order valence-electron chi connectivity index (χ3n) is 5.39. The van der Waals surface area contributed by atoms with Gasteiger partial charge in [0.05, 0.1) is 11.8 Å². The Labute approximate surface area is 145 Å². The first-order chi connectivity index (χ1) is 12.0. The molecule has 0 spiro atoms. The zero-order valence-corrected chi connectivity index (χ0v) is 13.6. The Morgan fingerprint density at radius 2 is 1.52 bits per heavy atom. The average Bonchev–Trinajstić information content (AvgIpc) is 3.23. The Hall–Kier alpha value is -2.63. The summed E-state index contributed by atoms with van der Waals surface area (Å²) in [7, 11) is 0. The summed E-state index contributed by atoms with van der Waals surface area (Å²) in [6.45, 7) is 0. The Morgan fingerprint density at radius 3 is 2.12 bits per heavy atom. The van der Waals surface area contributed by atoms with Gasteiger partial charge in [-0.1, -0.05) is 18.2 Å². The molecule has 2 bridgehead atoms. The van der Waals surface area contributed by atoms with Crippen LogP contribution in [0.5, 0.6) is 0 Å². The quantitative estimate of drug-likeness (QED) is 0.718. The first-order valence-electron chi connectivity index (χ1n) is 8.66. The molecule has 6 nitrogen and oxygen atoms in total. The number of fused-ring (bicyclic) bond motifs is 2. The van der Waals surface area contributed by atoms with Gasteiger partial charge in [-0.15, -0.1) is 0 Å². The number of carboxylic acid groups (broad SMARTS) is 1. The summed E-state index contributed by atoms with van der Waals surface area (Å²) in [6, 6.07) is 6.98. The van der Waals surface area contributed by atoms with Crippen LogP contribution < -0.4 is 10.6 Å². The zero-order valence-electron chi connectivity index (χ0n) is 13.6. The lowest BCUT2D eigenvalue weighted by Crippen LogP contribution is -2.36. The van der Waals surface area contributed by atoms with Crippen LogP contribution in [0.25, 0.3) is 0 Å². The standard InChI is InChI=1S/C19H20N2O4/c22-17(10-4-5-10)20-13-2-1-3-14(9-13)21-18(23)15-11-6-7-12(8-11)16(15)19(24)25/h1-3,6-7,9-12,15-16H,4-5,8H2,(H,20,22)(H,21,23)(H,24,25)/t11-,12-,15+,16+/m0/s1. The van der Waals surface area contributed by atoms with E-state index < -0.39 is 17.8 Å². The van der Waals surface area contributed by atoms with Gasteiger partial charge in [0.25, 0.3) is 0 Å². The van der Waals surface area contributed by atoms with Gasteiger partial charge in [0.15, 0.2) is 0 Å². The maximum absolute atomic E-state index is 12.7. The number of nitrogens with one attached hydrogen (secondary N) is 2. The molecule has 4 rings (SSSR count). The summed E-state index contributed by atoms with van der Waals surface area (Å²) in [5, 5.41) is 15.1. The Bertz CT molecular complexity index is 768. The second kappa shape index (κ2) is 6.02. The molecule has 130 valence electrons. The van der Waals surface area contributed by atoms with Crippen molar-refractivity contribution in [2.24, 2.45) is 29.6 Å². The van der Waals surface area contributed by atoms with Crippen LogP contribution in [0.2, 0.25) is 0 Å². The molecule has 6 heteroatoms. The Kier molecular flexibility index (Phi) is 3.82. The number of hydrogen-bond acceptors (Lipinski definition) is 3. The van der Waals surface area contributed by atoms with Crippen LogP contribution in [-0.4, -0.2) is 22.9 Å². The molecule has 2 saturated carbocycles. The number of anilines is 2. The van der Waals surface area contributed by atoms with E-state index in [-0.39, 0.29) is 29.6 Å². The van der Waals surface area contributed by atoms with E-state index in [9.17, 15) is 19.5 Å². The third-order valence-corrected chi connectivity index (χ3v) is 5.39. The van der Waals surface area contributed by atoms with E-state index in [1.807, 2.05) is 12.2 Å². The van der Waals surface area contributed by atoms with E-state index in [4.69, 9.17) is 0 Å². The van der Waals surface area contributed by atoms with Crippen molar-refractivity contribution in [1.82, 2.24) is 0 Å². The SMILES string of the molecule is O=C(Nc1cccc(NC(=O)[C@H]2[C@H](C(=O)O)[C@H]3C=C[C@H]2C3)c1)C1CC1. The molecule has 1 aromatic rings. The van der Waals surface area contributed by atoms with Gasteiger partial charge in [-0.05, 0) is 49.3 Å². The van der Waals surface area contributed by atoms with Crippen molar-refractivity contribution in [1.29, 1.82) is 0 Å². The minimum atomic E-state index is -0.914. The molecule has 1 aromatic carbocycles. The Morgan fingerprint density at radius 1 is 0.920 bits per heavy atom. The number of hydrogen-bond donors (Lipinski definition) is 3. The minimum absolute atomic E-state index is 0.00709. The van der Waals surface area contributed by atoms with E-state index in [1.54, 1.807) is 24.3 Å². The summed E-state index contributed by atoms with van der Waals surface area (Å²) < 4.78 is 0. The van der Waals surface area contributed by atoms with Crippen molar-refractivity contribution in [3.63, 3.8) is 0 Å². The molecule has 0 unspecified atom stereocenters. The molecule has 0 saturated heterocycles. The Balaban J connectivity index is 1.46. The van der Waals surface area contributed by atoms with Crippen LogP contribution in [-0.2, 0) is 14.4 Å². The summed E-state index contributed by atoms with van der Waals surface area (Å²) in [6.07, 6.45) is 6.46. The van der Waals surface area contributed by atoms with Gasteiger partial charge in [-0.2, -0.15) is 0 Å². The maximum Gasteiger partial charge on any atom is 0.307 e. The van der Waals surface area contributed by atoms with Crippen molar-refractivity contribution in [3.8, 4) is 0 Å². The van der Waals surface area contributed by atoms with E-state index in [0.717, 1.165) is 19.3 Å². The topological polar surface area (TPSA) is 95.5 Å². The fourth-order valence-corrected chi connectivity index (χ4v) is 4.01. The second-order valence-corrected chi connectivity index (χ2v) is 7.17. The number of carboxylic acids is 1. The molecular weight excluding hydrogens is 320 g/mol. The number of rotatable bonds is 5. The predicted molar refractivity (Wildman–Crippen MR) is 91.8 cm³/mol. The monoisotopic (exact) mass is 340 g/mol. The lowest BCUT2D eigenvalue weighted by molar-refractivity contribution is -0.146. The van der Waals surface area contributed by atoms with Gasteiger partial charge in [-0.3, -0.25) is 14.4 Å². The second-order valence-electron chi connectivity index (χ2n) is 7.17. The lowest BCUT2D eigenvalue weighted by Gasteiger charge is -2.24. The number of benzene rings is 1. The molecule has 2 amide bonds. The zero-order chi connectivity index (χ0) is 17.6. The van der Waals surface area contributed by atoms with E-state index in [2.05, 4.69) is 10.6 Å². The van der Waals surface area contributed by atoms with Crippen molar-refractivity contribution in [2.75, 3.05) is 10.6 Å². The van der Waals surface area contributed by atoms with Crippen LogP contribution in [0.1, 0.15) is 19.3 Å². The van der Waals surface area contributed by atoms with Gasteiger partial charge < -0.3 is 15.7 Å². The van der Waals surface area contributed by atoms with Crippen molar-refractivity contribution in [3.05, 3.63) is 36.4 Å². The first-order valence-corrected chi connectivity index (χ1v) is 8.66. The van der Waals surface area contributed by atoms with Gasteiger partial charge in [0.2, 0.25) is 11.8 Å². The first kappa shape index (κ1) is 15.9. The number of allylic oxidation sites excluding steroid dienone is 2. The van der Waals surface area contributed by atoms with E-state index in [1.165, 1.54) is 0 Å². The van der Waals surface area contributed by atoms with E-state index >= 15 is 0 Å². The highest BCUT2D eigenvalue weighted by molar-refractivity contribution is 5.98. The molecule has 3 aliphatic carbocycles. The molecule has 0 aromatic heterocycles. The molecule has 3 N–H and O–H groups in total. The fraction of sp³-hybridized carbons (Fsp3) is 0.421.